The summed E-state index contributed by atoms with van der Waals surface area (Å²) in [5.41, 5.74) is 5.13. The van der Waals surface area contributed by atoms with Crippen molar-refractivity contribution >= 4 is 17.9 Å². The monoisotopic (exact) mass is 489 g/mol. The summed E-state index contributed by atoms with van der Waals surface area (Å²) in [5.74, 6) is -3.56. The first-order chi connectivity index (χ1) is 16.4. The van der Waals surface area contributed by atoms with Crippen molar-refractivity contribution in [2.45, 2.75) is 32.9 Å². The second-order valence-corrected chi connectivity index (χ2v) is 7.85. The van der Waals surface area contributed by atoms with Crippen LogP contribution in [0.3, 0.4) is 0 Å². The van der Waals surface area contributed by atoms with E-state index < -0.39 is 29.6 Å². The molecule has 2 N–H and O–H groups in total. The molecule has 0 saturated carbocycles. The molecular formula is C25H23F4N3O3. The molecule has 0 amide bonds. The maximum Gasteiger partial charge on any atom is 0.399 e. The number of ether oxygens (including phenoxy) is 1. The largest absolute Gasteiger partial charge is 0.462 e. The van der Waals surface area contributed by atoms with Gasteiger partial charge in [0.2, 0.25) is 0 Å². The number of carbonyl (C=O) groups excluding carboxylic acids is 1. The van der Waals surface area contributed by atoms with Crippen LogP contribution in [0.4, 0.5) is 23.4 Å². The van der Waals surface area contributed by atoms with E-state index in [2.05, 4.69) is 4.98 Å². The first kappa shape index (κ1) is 25.7. The fraction of sp³-hybridized carbons (Fsp3) is 0.240. The predicted molar refractivity (Wildman–Crippen MR) is 124 cm³/mol. The number of aromatic nitrogens is 2. The Bertz CT molecular complexity index is 1350. The summed E-state index contributed by atoms with van der Waals surface area (Å²) >= 11 is 0. The first-order valence-corrected chi connectivity index (χ1v) is 10.6. The maximum absolute atomic E-state index is 14.8. The summed E-state index contributed by atoms with van der Waals surface area (Å²) in [7, 11) is 0. The van der Waals surface area contributed by atoms with Gasteiger partial charge in [0.15, 0.2) is 0 Å². The Morgan fingerprint density at radius 3 is 2.49 bits per heavy atom. The fourth-order valence-electron chi connectivity index (χ4n) is 3.58. The second kappa shape index (κ2) is 10.1. The normalized spacial score (nSPS) is 12.7. The summed E-state index contributed by atoms with van der Waals surface area (Å²) < 4.78 is 62.7. The van der Waals surface area contributed by atoms with Crippen molar-refractivity contribution in [3.05, 3.63) is 92.8 Å². The number of hydrogen-bond acceptors (Lipinski definition) is 5. The van der Waals surface area contributed by atoms with E-state index in [4.69, 9.17) is 10.5 Å². The number of nitrogens with two attached hydrogens (primary N) is 1. The van der Waals surface area contributed by atoms with E-state index in [9.17, 15) is 27.2 Å². The Hall–Kier alpha value is -3.95. The van der Waals surface area contributed by atoms with Crippen LogP contribution in [0.5, 0.6) is 0 Å². The van der Waals surface area contributed by atoms with E-state index in [1.807, 2.05) is 0 Å². The van der Waals surface area contributed by atoms with Crippen LogP contribution in [-0.4, -0.2) is 28.3 Å². The third-order valence-corrected chi connectivity index (χ3v) is 5.28. The van der Waals surface area contributed by atoms with Crippen molar-refractivity contribution in [2.24, 2.45) is 0 Å². The topological polar surface area (TPSA) is 87.2 Å². The summed E-state index contributed by atoms with van der Waals surface area (Å²) in [4.78, 5) is 27.6. The number of esters is 1. The van der Waals surface area contributed by atoms with E-state index in [1.54, 1.807) is 19.9 Å². The molecule has 0 fully saturated rings. The zero-order chi connectivity index (χ0) is 25.9. The van der Waals surface area contributed by atoms with E-state index in [1.165, 1.54) is 31.2 Å². The molecule has 1 unspecified atom stereocenters. The standard InChI is InChI=1S/C25H23F4N3O3/c1-4-35-23(33)18-7-5-16(11-14(18)2)6-8-19(25(27,28)29)17-12-15(3)22(26)20(13-17)32-10-9-21(30)31-24(32)34/h5-13,19H,4H2,1-3H3,(H2,30,31,34)/b8-6+. The Kier molecular flexibility index (Phi) is 7.42. The number of benzene rings is 2. The fourth-order valence-corrected chi connectivity index (χ4v) is 3.58. The number of aryl methyl sites for hydroxylation is 2. The Morgan fingerprint density at radius 2 is 1.89 bits per heavy atom. The van der Waals surface area contributed by atoms with E-state index >= 15 is 0 Å². The molecule has 0 radical (unpaired) electrons. The number of rotatable bonds is 6. The average Bonchev–Trinajstić information content (AvgIpc) is 2.76. The van der Waals surface area contributed by atoms with Gasteiger partial charge in [-0.05, 0) is 61.2 Å². The van der Waals surface area contributed by atoms with Crippen molar-refractivity contribution in [3.63, 3.8) is 0 Å². The third kappa shape index (κ3) is 5.76. The van der Waals surface area contributed by atoms with Crippen molar-refractivity contribution in [3.8, 4) is 5.69 Å². The highest BCUT2D eigenvalue weighted by Crippen LogP contribution is 2.38. The number of alkyl halides is 3. The van der Waals surface area contributed by atoms with Gasteiger partial charge >= 0.3 is 17.8 Å². The average molecular weight is 489 g/mol. The molecule has 10 heteroatoms. The second-order valence-electron chi connectivity index (χ2n) is 7.85. The van der Waals surface area contributed by atoms with E-state index in [0.29, 0.717) is 16.7 Å². The minimum atomic E-state index is -4.71. The number of allylic oxidation sites excluding steroid dienone is 1. The van der Waals surface area contributed by atoms with Crippen LogP contribution in [0.25, 0.3) is 11.8 Å². The lowest BCUT2D eigenvalue weighted by molar-refractivity contribution is -0.139. The van der Waals surface area contributed by atoms with Gasteiger partial charge in [-0.15, -0.1) is 0 Å². The van der Waals surface area contributed by atoms with Gasteiger partial charge < -0.3 is 10.5 Å². The molecule has 35 heavy (non-hydrogen) atoms. The molecule has 0 aliphatic rings. The summed E-state index contributed by atoms with van der Waals surface area (Å²) in [6.07, 6.45) is -1.34. The van der Waals surface area contributed by atoms with Gasteiger partial charge in [-0.1, -0.05) is 30.4 Å². The molecule has 0 bridgehead atoms. The molecule has 0 aliphatic carbocycles. The predicted octanol–water partition coefficient (Wildman–Crippen LogP) is 5.11. The van der Waals surface area contributed by atoms with Crippen LogP contribution in [-0.2, 0) is 4.74 Å². The van der Waals surface area contributed by atoms with Crippen LogP contribution in [0.1, 0.15) is 45.5 Å². The highest BCUT2D eigenvalue weighted by molar-refractivity contribution is 5.91. The zero-order valence-corrected chi connectivity index (χ0v) is 19.2. The van der Waals surface area contributed by atoms with Gasteiger partial charge in [0, 0.05) is 6.20 Å². The number of hydrogen-bond donors (Lipinski definition) is 1. The molecule has 1 aromatic heterocycles. The van der Waals surface area contributed by atoms with Crippen molar-refractivity contribution in [2.75, 3.05) is 12.3 Å². The number of halogens is 4. The Labute approximate surface area is 198 Å². The van der Waals surface area contributed by atoms with Crippen LogP contribution in [0.15, 0.2) is 53.5 Å². The lowest BCUT2D eigenvalue weighted by Gasteiger charge is -2.20. The third-order valence-electron chi connectivity index (χ3n) is 5.28. The van der Waals surface area contributed by atoms with E-state index in [0.717, 1.165) is 29.0 Å². The molecule has 1 heterocycles. The molecule has 3 rings (SSSR count). The van der Waals surface area contributed by atoms with Gasteiger partial charge in [0.1, 0.15) is 11.6 Å². The summed E-state index contributed by atoms with van der Waals surface area (Å²) in [6, 6.07) is 7.86. The van der Waals surface area contributed by atoms with Crippen LogP contribution in [0.2, 0.25) is 0 Å². The van der Waals surface area contributed by atoms with Crippen LogP contribution >= 0.6 is 0 Å². The van der Waals surface area contributed by atoms with Crippen LogP contribution in [0, 0.1) is 19.7 Å². The highest BCUT2D eigenvalue weighted by atomic mass is 19.4. The molecule has 3 aromatic rings. The molecule has 6 nitrogen and oxygen atoms in total. The summed E-state index contributed by atoms with van der Waals surface area (Å²) in [6.45, 7) is 4.83. The molecule has 0 spiro atoms. The number of carbonyl (C=O) groups is 1. The summed E-state index contributed by atoms with van der Waals surface area (Å²) in [5, 5.41) is 0. The van der Waals surface area contributed by atoms with Crippen molar-refractivity contribution in [1.29, 1.82) is 0 Å². The molecule has 2 aromatic carbocycles. The smallest absolute Gasteiger partial charge is 0.399 e. The van der Waals surface area contributed by atoms with Gasteiger partial charge in [-0.25, -0.2) is 14.0 Å². The van der Waals surface area contributed by atoms with Gasteiger partial charge in [-0.2, -0.15) is 18.2 Å². The number of anilines is 1. The molecule has 184 valence electrons. The SMILES string of the molecule is CCOC(=O)c1ccc(/C=C/C(c2cc(C)c(F)c(-n3ccc(N)nc3=O)c2)C(F)(F)F)cc1C. The molecule has 0 aliphatic heterocycles. The molecular weight excluding hydrogens is 466 g/mol. The lowest BCUT2D eigenvalue weighted by atomic mass is 9.94. The highest BCUT2D eigenvalue weighted by Gasteiger charge is 2.39. The van der Waals surface area contributed by atoms with Gasteiger partial charge in [-0.3, -0.25) is 4.57 Å². The van der Waals surface area contributed by atoms with Gasteiger partial charge in [0.25, 0.3) is 0 Å². The minimum Gasteiger partial charge on any atom is -0.462 e. The van der Waals surface area contributed by atoms with Crippen molar-refractivity contribution in [1.82, 2.24) is 9.55 Å². The molecule has 0 saturated heterocycles. The Balaban J connectivity index is 2.04. The van der Waals surface area contributed by atoms with Crippen molar-refractivity contribution < 1.29 is 27.1 Å². The zero-order valence-electron chi connectivity index (χ0n) is 19.2. The maximum atomic E-state index is 14.8. The first-order valence-electron chi connectivity index (χ1n) is 10.6. The van der Waals surface area contributed by atoms with Crippen LogP contribution < -0.4 is 11.4 Å². The van der Waals surface area contributed by atoms with Gasteiger partial charge in [0.05, 0.1) is 23.8 Å². The van der Waals surface area contributed by atoms with E-state index in [-0.39, 0.29) is 29.2 Å². The quantitative estimate of drug-likeness (QED) is 0.384. The minimum absolute atomic E-state index is 0.0708. The number of nitrogen functional groups attached to an aromatic ring is 1. The Morgan fingerprint density at radius 1 is 1.17 bits per heavy atom. The molecule has 1 atom stereocenters. The lowest BCUT2D eigenvalue weighted by Crippen LogP contribution is -2.24. The number of nitrogens with zero attached hydrogens (tertiary/aromatic N) is 2.